The van der Waals surface area contributed by atoms with E-state index in [0.717, 1.165) is 11.3 Å². The number of carboxylic acids is 1. The Morgan fingerprint density at radius 1 is 1.50 bits per heavy atom. The lowest BCUT2D eigenvalue weighted by molar-refractivity contribution is -0.146. The van der Waals surface area contributed by atoms with Crippen LogP contribution in [0.4, 0.5) is 0 Å². The number of aliphatic carboxylic acids is 1. The summed E-state index contributed by atoms with van der Waals surface area (Å²) in [5.41, 5.74) is 0. The summed E-state index contributed by atoms with van der Waals surface area (Å²) >= 11 is 7.15. The molecule has 6 heteroatoms. The standard InChI is InChI=1S/C12H12ClNO3S/c13-10-5-3-8(18-10)4-6-11(15)14-7-1-2-9(14)12(16)17/h3-6,9H,1-2,7H2,(H,16,17)/b6-4+/t9-/m1/s1. The first-order valence-corrected chi connectivity index (χ1v) is 6.74. The number of halogens is 1. The second-order valence-electron chi connectivity index (χ2n) is 4.00. The molecule has 0 saturated carbocycles. The van der Waals surface area contributed by atoms with Crippen molar-refractivity contribution in [2.45, 2.75) is 18.9 Å². The topological polar surface area (TPSA) is 57.6 Å². The zero-order chi connectivity index (χ0) is 13.1. The van der Waals surface area contributed by atoms with Gasteiger partial charge in [-0.15, -0.1) is 11.3 Å². The Kier molecular flexibility index (Phi) is 4.04. The predicted molar refractivity (Wildman–Crippen MR) is 70.7 cm³/mol. The van der Waals surface area contributed by atoms with Gasteiger partial charge in [-0.05, 0) is 31.1 Å². The monoisotopic (exact) mass is 285 g/mol. The van der Waals surface area contributed by atoms with Crippen LogP contribution in [0.1, 0.15) is 17.7 Å². The summed E-state index contributed by atoms with van der Waals surface area (Å²) in [6, 6.07) is 2.89. The lowest BCUT2D eigenvalue weighted by Crippen LogP contribution is -2.39. The molecule has 4 nitrogen and oxygen atoms in total. The van der Waals surface area contributed by atoms with E-state index in [4.69, 9.17) is 16.7 Å². The average molecular weight is 286 g/mol. The Balaban J connectivity index is 2.03. The number of amides is 1. The molecule has 2 heterocycles. The molecular weight excluding hydrogens is 274 g/mol. The van der Waals surface area contributed by atoms with Crippen LogP contribution < -0.4 is 0 Å². The summed E-state index contributed by atoms with van der Waals surface area (Å²) in [6.07, 6.45) is 4.33. The average Bonchev–Trinajstić information content (AvgIpc) is 2.94. The van der Waals surface area contributed by atoms with Crippen LogP contribution in [0.2, 0.25) is 4.34 Å². The van der Waals surface area contributed by atoms with Crippen LogP contribution in [0, 0.1) is 0 Å². The third-order valence-electron chi connectivity index (χ3n) is 2.81. The van der Waals surface area contributed by atoms with Gasteiger partial charge in [-0.2, -0.15) is 0 Å². The largest absolute Gasteiger partial charge is 0.480 e. The molecule has 1 fully saturated rings. The Labute approximate surface area is 113 Å². The molecule has 1 saturated heterocycles. The predicted octanol–water partition coefficient (Wildman–Crippen LogP) is 2.49. The molecule has 0 spiro atoms. The van der Waals surface area contributed by atoms with Gasteiger partial charge < -0.3 is 10.0 Å². The van der Waals surface area contributed by atoms with Gasteiger partial charge in [0.15, 0.2) is 0 Å². The molecule has 0 aliphatic carbocycles. The van der Waals surface area contributed by atoms with Gasteiger partial charge in [0.25, 0.3) is 0 Å². The first kappa shape index (κ1) is 13.1. The maximum Gasteiger partial charge on any atom is 0.326 e. The highest BCUT2D eigenvalue weighted by atomic mass is 35.5. The number of nitrogens with zero attached hydrogens (tertiary/aromatic N) is 1. The molecule has 0 radical (unpaired) electrons. The number of hydrogen-bond donors (Lipinski definition) is 1. The van der Waals surface area contributed by atoms with Crippen molar-refractivity contribution < 1.29 is 14.7 Å². The number of hydrogen-bond acceptors (Lipinski definition) is 3. The number of carbonyl (C=O) groups excluding carboxylic acids is 1. The van der Waals surface area contributed by atoms with Gasteiger partial charge in [0.05, 0.1) is 4.34 Å². The highest BCUT2D eigenvalue weighted by molar-refractivity contribution is 7.17. The molecule has 1 aromatic rings. The van der Waals surface area contributed by atoms with Crippen molar-refractivity contribution in [2.24, 2.45) is 0 Å². The van der Waals surface area contributed by atoms with Crippen molar-refractivity contribution in [3.8, 4) is 0 Å². The van der Waals surface area contributed by atoms with E-state index in [0.29, 0.717) is 17.3 Å². The lowest BCUT2D eigenvalue weighted by Gasteiger charge is -2.19. The van der Waals surface area contributed by atoms with E-state index in [1.54, 1.807) is 12.1 Å². The molecule has 18 heavy (non-hydrogen) atoms. The van der Waals surface area contributed by atoms with Crippen LogP contribution in [-0.2, 0) is 9.59 Å². The van der Waals surface area contributed by atoms with E-state index in [9.17, 15) is 9.59 Å². The Morgan fingerprint density at radius 3 is 2.89 bits per heavy atom. The van der Waals surface area contributed by atoms with Gasteiger partial charge >= 0.3 is 5.97 Å². The van der Waals surface area contributed by atoms with Gasteiger partial charge in [0, 0.05) is 17.5 Å². The van der Waals surface area contributed by atoms with E-state index in [-0.39, 0.29) is 5.91 Å². The fraction of sp³-hybridized carbons (Fsp3) is 0.333. The van der Waals surface area contributed by atoms with Gasteiger partial charge in [0.1, 0.15) is 6.04 Å². The van der Waals surface area contributed by atoms with Crippen LogP contribution >= 0.6 is 22.9 Å². The Hall–Kier alpha value is -1.33. The normalized spacial score (nSPS) is 19.6. The third-order valence-corrected chi connectivity index (χ3v) is 4.00. The fourth-order valence-corrected chi connectivity index (χ4v) is 2.92. The minimum Gasteiger partial charge on any atom is -0.480 e. The zero-order valence-corrected chi connectivity index (χ0v) is 11.1. The highest BCUT2D eigenvalue weighted by Gasteiger charge is 2.32. The maximum absolute atomic E-state index is 11.9. The minimum absolute atomic E-state index is 0.260. The third kappa shape index (κ3) is 2.91. The van der Waals surface area contributed by atoms with E-state index in [1.807, 2.05) is 6.07 Å². The van der Waals surface area contributed by atoms with E-state index >= 15 is 0 Å². The molecule has 1 aliphatic heterocycles. The van der Waals surface area contributed by atoms with Crippen molar-refractivity contribution in [3.05, 3.63) is 27.4 Å². The Bertz CT molecular complexity index is 497. The second-order valence-corrected chi connectivity index (χ2v) is 5.75. The first-order chi connectivity index (χ1) is 8.58. The highest BCUT2D eigenvalue weighted by Crippen LogP contribution is 2.23. The molecule has 1 N–H and O–H groups in total. The SMILES string of the molecule is O=C(O)[C@H]1CCCN1C(=O)/C=C/c1ccc(Cl)s1. The van der Waals surface area contributed by atoms with E-state index in [1.165, 1.54) is 22.3 Å². The van der Waals surface area contributed by atoms with Crippen molar-refractivity contribution in [2.75, 3.05) is 6.54 Å². The smallest absolute Gasteiger partial charge is 0.326 e. The quantitative estimate of drug-likeness (QED) is 0.868. The molecule has 2 rings (SSSR count). The number of carboxylic acid groups (broad SMARTS) is 1. The van der Waals surface area contributed by atoms with Crippen LogP contribution in [-0.4, -0.2) is 34.5 Å². The molecule has 0 aromatic carbocycles. The van der Waals surface area contributed by atoms with Crippen molar-refractivity contribution in [1.82, 2.24) is 4.90 Å². The van der Waals surface area contributed by atoms with Gasteiger partial charge in [-0.3, -0.25) is 4.79 Å². The summed E-state index contributed by atoms with van der Waals surface area (Å²) in [5.74, 6) is -1.20. The minimum atomic E-state index is -0.937. The Morgan fingerprint density at radius 2 is 2.28 bits per heavy atom. The van der Waals surface area contributed by atoms with Crippen molar-refractivity contribution in [1.29, 1.82) is 0 Å². The van der Waals surface area contributed by atoms with Crippen molar-refractivity contribution in [3.63, 3.8) is 0 Å². The summed E-state index contributed by atoms with van der Waals surface area (Å²) < 4.78 is 0.659. The number of thiophene rings is 1. The number of rotatable bonds is 3. The van der Waals surface area contributed by atoms with E-state index < -0.39 is 12.0 Å². The van der Waals surface area contributed by atoms with Crippen LogP contribution in [0.15, 0.2) is 18.2 Å². The van der Waals surface area contributed by atoms with Crippen LogP contribution in [0.3, 0.4) is 0 Å². The van der Waals surface area contributed by atoms with Crippen LogP contribution in [0.5, 0.6) is 0 Å². The fourth-order valence-electron chi connectivity index (χ4n) is 1.95. The zero-order valence-electron chi connectivity index (χ0n) is 9.51. The van der Waals surface area contributed by atoms with Gasteiger partial charge in [-0.1, -0.05) is 11.6 Å². The molecule has 1 aliphatic rings. The molecular formula is C12H12ClNO3S. The molecule has 96 valence electrons. The van der Waals surface area contributed by atoms with Crippen molar-refractivity contribution >= 4 is 40.9 Å². The summed E-state index contributed by atoms with van der Waals surface area (Å²) in [5, 5.41) is 8.99. The van der Waals surface area contributed by atoms with Gasteiger partial charge in [0.2, 0.25) is 5.91 Å². The van der Waals surface area contributed by atoms with Crippen LogP contribution in [0.25, 0.3) is 6.08 Å². The number of likely N-dealkylation sites (tertiary alicyclic amines) is 1. The molecule has 0 unspecified atom stereocenters. The second kappa shape index (κ2) is 5.54. The lowest BCUT2D eigenvalue weighted by atomic mass is 10.2. The van der Waals surface area contributed by atoms with Gasteiger partial charge in [-0.25, -0.2) is 4.79 Å². The molecule has 0 bridgehead atoms. The molecule has 1 atom stereocenters. The summed E-state index contributed by atoms with van der Waals surface area (Å²) in [6.45, 7) is 0.505. The summed E-state index contributed by atoms with van der Waals surface area (Å²) in [7, 11) is 0. The van der Waals surface area contributed by atoms with E-state index in [2.05, 4.69) is 0 Å². The molecule has 1 amide bonds. The molecule has 1 aromatic heterocycles. The first-order valence-electron chi connectivity index (χ1n) is 5.55. The number of carbonyl (C=O) groups is 2. The maximum atomic E-state index is 11.9. The summed E-state index contributed by atoms with van der Waals surface area (Å²) in [4.78, 5) is 25.1.